The maximum absolute atomic E-state index is 6.23. The summed E-state index contributed by atoms with van der Waals surface area (Å²) in [6, 6.07) is 9.53. The molecule has 0 aliphatic carbocycles. The number of rotatable bonds is 2. The molecule has 3 nitrogen and oxygen atoms in total. The van der Waals surface area contributed by atoms with E-state index >= 15 is 0 Å². The Morgan fingerprint density at radius 2 is 1.62 bits per heavy atom. The summed E-state index contributed by atoms with van der Waals surface area (Å²) in [5.74, 6) is 0.943. The van der Waals surface area contributed by atoms with Gasteiger partial charge in [0.05, 0.1) is 15.7 Å². The van der Waals surface area contributed by atoms with Gasteiger partial charge in [-0.3, -0.25) is 0 Å². The highest BCUT2D eigenvalue weighted by Crippen LogP contribution is 2.32. The molecule has 1 aromatic carbocycles. The van der Waals surface area contributed by atoms with Gasteiger partial charge < -0.3 is 4.90 Å². The van der Waals surface area contributed by atoms with Crippen molar-refractivity contribution in [2.45, 2.75) is 25.7 Å². The molecule has 21 heavy (non-hydrogen) atoms. The van der Waals surface area contributed by atoms with Crippen molar-refractivity contribution in [1.82, 2.24) is 10.2 Å². The van der Waals surface area contributed by atoms with Crippen molar-refractivity contribution in [1.29, 1.82) is 0 Å². The summed E-state index contributed by atoms with van der Waals surface area (Å²) in [4.78, 5) is 2.31. The van der Waals surface area contributed by atoms with E-state index in [9.17, 15) is 0 Å². The third-order valence-corrected chi connectivity index (χ3v) is 4.63. The maximum atomic E-state index is 6.23. The fourth-order valence-corrected chi connectivity index (χ4v) is 3.04. The summed E-state index contributed by atoms with van der Waals surface area (Å²) in [7, 11) is 0. The summed E-state index contributed by atoms with van der Waals surface area (Å²) in [5.41, 5.74) is 1.57. The molecule has 2 aromatic rings. The average molecular weight is 322 g/mol. The monoisotopic (exact) mass is 321 g/mol. The van der Waals surface area contributed by atoms with E-state index in [1.54, 1.807) is 6.07 Å². The zero-order valence-corrected chi connectivity index (χ0v) is 13.2. The van der Waals surface area contributed by atoms with Crippen LogP contribution in [0, 0.1) is 0 Å². The molecule has 0 saturated carbocycles. The van der Waals surface area contributed by atoms with Crippen molar-refractivity contribution in [3.05, 3.63) is 40.4 Å². The van der Waals surface area contributed by atoms with E-state index in [0.717, 1.165) is 30.2 Å². The van der Waals surface area contributed by atoms with Crippen molar-refractivity contribution >= 4 is 29.0 Å². The Kier molecular flexibility index (Phi) is 4.61. The van der Waals surface area contributed by atoms with E-state index in [2.05, 4.69) is 15.1 Å². The second-order valence-electron chi connectivity index (χ2n) is 5.28. The fourth-order valence-electron chi connectivity index (χ4n) is 2.64. The molecule has 1 fully saturated rings. The van der Waals surface area contributed by atoms with E-state index in [0.29, 0.717) is 10.0 Å². The molecule has 0 bridgehead atoms. The van der Waals surface area contributed by atoms with E-state index in [1.807, 2.05) is 24.3 Å². The van der Waals surface area contributed by atoms with Gasteiger partial charge in [0.15, 0.2) is 5.82 Å². The molecule has 1 aliphatic heterocycles. The lowest BCUT2D eigenvalue weighted by Crippen LogP contribution is -2.25. The number of hydrogen-bond donors (Lipinski definition) is 0. The van der Waals surface area contributed by atoms with Gasteiger partial charge in [0.1, 0.15) is 0 Å². The Morgan fingerprint density at radius 3 is 2.29 bits per heavy atom. The lowest BCUT2D eigenvalue weighted by molar-refractivity contribution is 0.726. The van der Waals surface area contributed by atoms with E-state index in [-0.39, 0.29) is 0 Å². The van der Waals surface area contributed by atoms with Gasteiger partial charge in [-0.2, -0.15) is 0 Å². The minimum absolute atomic E-state index is 0.524. The molecule has 2 heterocycles. The minimum Gasteiger partial charge on any atom is -0.355 e. The second kappa shape index (κ2) is 6.63. The number of hydrogen-bond acceptors (Lipinski definition) is 3. The number of aromatic nitrogens is 2. The van der Waals surface area contributed by atoms with E-state index < -0.39 is 0 Å². The van der Waals surface area contributed by atoms with Gasteiger partial charge in [-0.15, -0.1) is 10.2 Å². The molecule has 0 amide bonds. The van der Waals surface area contributed by atoms with Crippen LogP contribution in [0.5, 0.6) is 0 Å². The van der Waals surface area contributed by atoms with Crippen molar-refractivity contribution in [3.8, 4) is 11.3 Å². The molecule has 0 N–H and O–H groups in total. The highest BCUT2D eigenvalue weighted by atomic mass is 35.5. The topological polar surface area (TPSA) is 29.0 Å². The number of anilines is 1. The van der Waals surface area contributed by atoms with Gasteiger partial charge in [0, 0.05) is 18.7 Å². The smallest absolute Gasteiger partial charge is 0.151 e. The predicted octanol–water partition coefficient (Wildman–Crippen LogP) is 4.83. The van der Waals surface area contributed by atoms with Crippen LogP contribution in [-0.4, -0.2) is 23.3 Å². The van der Waals surface area contributed by atoms with Crippen LogP contribution in [0.1, 0.15) is 25.7 Å². The molecular weight excluding hydrogens is 305 g/mol. The normalized spacial score (nSPS) is 15.8. The van der Waals surface area contributed by atoms with Gasteiger partial charge in [-0.1, -0.05) is 48.2 Å². The average Bonchev–Trinajstić information content (AvgIpc) is 2.79. The Hall–Kier alpha value is -1.32. The summed E-state index contributed by atoms with van der Waals surface area (Å²) in [5, 5.41) is 9.75. The van der Waals surface area contributed by atoms with E-state index in [1.165, 1.54) is 25.7 Å². The van der Waals surface area contributed by atoms with Crippen molar-refractivity contribution in [2.75, 3.05) is 18.0 Å². The van der Waals surface area contributed by atoms with E-state index in [4.69, 9.17) is 23.2 Å². The first-order valence-electron chi connectivity index (χ1n) is 7.29. The standard InChI is InChI=1S/C16H17Cl2N3/c17-13-7-5-6-12(16(13)18)14-8-9-15(20-19-14)21-10-3-1-2-4-11-21/h5-9H,1-4,10-11H2. The highest BCUT2D eigenvalue weighted by Gasteiger charge is 2.13. The lowest BCUT2D eigenvalue weighted by atomic mass is 10.1. The molecule has 110 valence electrons. The van der Waals surface area contributed by atoms with Crippen LogP contribution < -0.4 is 4.90 Å². The largest absolute Gasteiger partial charge is 0.355 e. The number of halogens is 2. The molecule has 1 aliphatic rings. The summed E-state index contributed by atoms with van der Waals surface area (Å²) < 4.78 is 0. The SMILES string of the molecule is Clc1cccc(-c2ccc(N3CCCCCC3)nn2)c1Cl. The lowest BCUT2D eigenvalue weighted by Gasteiger charge is -2.20. The van der Waals surface area contributed by atoms with Crippen LogP contribution in [-0.2, 0) is 0 Å². The first-order chi connectivity index (χ1) is 10.3. The van der Waals surface area contributed by atoms with Crippen LogP contribution in [0.3, 0.4) is 0 Å². The molecule has 0 atom stereocenters. The first-order valence-corrected chi connectivity index (χ1v) is 8.04. The molecule has 0 spiro atoms. The van der Waals surface area contributed by atoms with Crippen LogP contribution in [0.4, 0.5) is 5.82 Å². The third kappa shape index (κ3) is 3.30. The van der Waals surface area contributed by atoms with Crippen molar-refractivity contribution in [2.24, 2.45) is 0 Å². The summed E-state index contributed by atoms with van der Waals surface area (Å²) in [6.07, 6.45) is 5.06. The first kappa shape index (κ1) is 14.6. The zero-order chi connectivity index (χ0) is 14.7. The van der Waals surface area contributed by atoms with Gasteiger partial charge in [-0.05, 0) is 31.0 Å². The van der Waals surface area contributed by atoms with Crippen LogP contribution in [0.2, 0.25) is 10.0 Å². The molecule has 1 aromatic heterocycles. The Bertz CT molecular complexity index is 605. The predicted molar refractivity (Wildman–Crippen MR) is 88.2 cm³/mol. The van der Waals surface area contributed by atoms with Crippen molar-refractivity contribution in [3.63, 3.8) is 0 Å². The van der Waals surface area contributed by atoms with Gasteiger partial charge in [0.2, 0.25) is 0 Å². The molecule has 0 unspecified atom stereocenters. The molecule has 0 radical (unpaired) electrons. The third-order valence-electron chi connectivity index (χ3n) is 3.81. The molecule has 1 saturated heterocycles. The van der Waals surface area contributed by atoms with Gasteiger partial charge in [-0.25, -0.2) is 0 Å². The zero-order valence-electron chi connectivity index (χ0n) is 11.7. The summed E-state index contributed by atoms with van der Waals surface area (Å²) >= 11 is 12.3. The van der Waals surface area contributed by atoms with Crippen molar-refractivity contribution < 1.29 is 0 Å². The minimum atomic E-state index is 0.524. The Labute approximate surface area is 134 Å². The van der Waals surface area contributed by atoms with Gasteiger partial charge >= 0.3 is 0 Å². The second-order valence-corrected chi connectivity index (χ2v) is 6.06. The maximum Gasteiger partial charge on any atom is 0.151 e. The number of nitrogens with zero attached hydrogens (tertiary/aromatic N) is 3. The Morgan fingerprint density at radius 1 is 0.857 bits per heavy atom. The molecule has 5 heteroatoms. The molecular formula is C16H17Cl2N3. The Balaban J connectivity index is 1.85. The summed E-state index contributed by atoms with van der Waals surface area (Å²) in [6.45, 7) is 2.12. The molecule has 3 rings (SSSR count). The van der Waals surface area contributed by atoms with Crippen LogP contribution in [0.15, 0.2) is 30.3 Å². The fraction of sp³-hybridized carbons (Fsp3) is 0.375. The van der Waals surface area contributed by atoms with Crippen LogP contribution >= 0.6 is 23.2 Å². The quantitative estimate of drug-likeness (QED) is 0.793. The highest BCUT2D eigenvalue weighted by molar-refractivity contribution is 6.43. The van der Waals surface area contributed by atoms with Crippen LogP contribution in [0.25, 0.3) is 11.3 Å². The number of benzene rings is 1. The van der Waals surface area contributed by atoms with Gasteiger partial charge in [0.25, 0.3) is 0 Å².